The minimum Gasteiger partial charge on any atom is -0.488 e. The third kappa shape index (κ3) is 4.85. The number of piperidine rings is 1. The molecule has 8 nitrogen and oxygen atoms in total. The van der Waals surface area contributed by atoms with Crippen LogP contribution in [0.15, 0.2) is 36.4 Å². The molecular formula is C27H30FN3O5. The van der Waals surface area contributed by atoms with Crippen LogP contribution in [0.3, 0.4) is 0 Å². The van der Waals surface area contributed by atoms with E-state index in [1.165, 1.54) is 24.3 Å². The van der Waals surface area contributed by atoms with Crippen LogP contribution in [0.1, 0.15) is 57.8 Å². The number of carbonyl (C=O) groups excluding carboxylic acids is 3. The topological polar surface area (TPSA) is 88.2 Å². The minimum atomic E-state index is -2.59. The molecule has 3 amide bonds. The quantitative estimate of drug-likeness (QED) is 0.617. The van der Waals surface area contributed by atoms with Gasteiger partial charge < -0.3 is 14.4 Å². The molecule has 0 spiro atoms. The van der Waals surface area contributed by atoms with Gasteiger partial charge >= 0.3 is 0 Å². The molecule has 1 N–H and O–H groups in total. The van der Waals surface area contributed by atoms with Gasteiger partial charge in [0.2, 0.25) is 11.8 Å². The Bertz CT molecular complexity index is 1330. The Morgan fingerprint density at radius 2 is 1.86 bits per heavy atom. The van der Waals surface area contributed by atoms with E-state index in [1.807, 2.05) is 13.8 Å². The molecule has 5 rings (SSSR count). The second-order valence-corrected chi connectivity index (χ2v) is 9.43. The maximum absolute atomic E-state index is 15.6. The third-order valence-corrected chi connectivity index (χ3v) is 6.59. The zero-order chi connectivity index (χ0) is 28.1. The van der Waals surface area contributed by atoms with Gasteiger partial charge in [-0.05, 0) is 32.4 Å². The van der Waals surface area contributed by atoms with Crippen molar-refractivity contribution in [3.63, 3.8) is 0 Å². The van der Waals surface area contributed by atoms with E-state index in [9.17, 15) is 14.4 Å². The summed E-state index contributed by atoms with van der Waals surface area (Å²) >= 11 is 0. The lowest BCUT2D eigenvalue weighted by molar-refractivity contribution is -0.136. The summed E-state index contributed by atoms with van der Waals surface area (Å²) in [4.78, 5) is 40.4. The van der Waals surface area contributed by atoms with Crippen LogP contribution in [0.25, 0.3) is 0 Å². The van der Waals surface area contributed by atoms with Crippen LogP contribution in [-0.4, -0.2) is 58.8 Å². The molecule has 2 aromatic rings. The molecule has 2 aromatic carbocycles. The summed E-state index contributed by atoms with van der Waals surface area (Å²) in [5, 5.41) is 2.11. The van der Waals surface area contributed by atoms with Crippen LogP contribution in [0.2, 0.25) is 0 Å². The van der Waals surface area contributed by atoms with Gasteiger partial charge in [-0.2, -0.15) is 0 Å². The second kappa shape index (κ2) is 9.99. The highest BCUT2D eigenvalue weighted by Gasteiger charge is 2.40. The standard InChI is InChI=1S/C27H30FN3O5/c1-16-11-30(12-17(2)36-16)13-18-5-3-6-19(25(18)28)15-35-23-8-4-7-20-21(23)14-31(27(20)34)22-9-10-24(32)29-26(22)33/h3-8,16-17,22H,9-15H2,1-2H3,(H,29,32,33)/i15D2,22D. The summed E-state index contributed by atoms with van der Waals surface area (Å²) in [5.74, 6) is -2.71. The molecule has 3 unspecified atom stereocenters. The number of halogens is 1. The SMILES string of the molecule is [2H]C([2H])(Oc1cccc2c1CN(C1([2H])CCC(=O)NC1=O)C2=O)c1cccc(CN2CC(C)OC(C)C2)c1F. The Hall–Kier alpha value is -3.30. The second-order valence-electron chi connectivity index (χ2n) is 9.43. The van der Waals surface area contributed by atoms with Crippen LogP contribution in [0.5, 0.6) is 5.75 Å². The van der Waals surface area contributed by atoms with E-state index in [0.29, 0.717) is 18.7 Å². The number of amides is 3. The van der Waals surface area contributed by atoms with Crippen molar-refractivity contribution in [3.05, 3.63) is 64.5 Å². The molecule has 9 heteroatoms. The Morgan fingerprint density at radius 1 is 1.14 bits per heavy atom. The largest absolute Gasteiger partial charge is 0.488 e. The lowest BCUT2D eigenvalue weighted by atomic mass is 10.0. The third-order valence-electron chi connectivity index (χ3n) is 6.59. The Labute approximate surface area is 213 Å². The highest BCUT2D eigenvalue weighted by molar-refractivity contribution is 6.05. The molecule has 190 valence electrons. The van der Waals surface area contributed by atoms with Crippen molar-refractivity contribution in [2.75, 3.05) is 13.1 Å². The summed E-state index contributed by atoms with van der Waals surface area (Å²) in [7, 11) is 0. The molecule has 3 aliphatic heterocycles. The molecule has 0 aromatic heterocycles. The molecule has 3 heterocycles. The van der Waals surface area contributed by atoms with Crippen molar-refractivity contribution in [2.45, 2.75) is 64.6 Å². The average Bonchev–Trinajstić information content (AvgIpc) is 3.20. The molecular weight excluding hydrogens is 465 g/mol. The van der Waals surface area contributed by atoms with Crippen molar-refractivity contribution in [1.29, 1.82) is 0 Å². The Morgan fingerprint density at radius 3 is 2.61 bits per heavy atom. The molecule has 0 bridgehead atoms. The van der Waals surface area contributed by atoms with E-state index in [2.05, 4.69) is 10.2 Å². The number of rotatable bonds is 6. The average molecular weight is 499 g/mol. The molecule has 0 aliphatic carbocycles. The fourth-order valence-electron chi connectivity index (χ4n) is 5.03. The number of hydrogen-bond donors (Lipinski definition) is 1. The van der Waals surface area contributed by atoms with Crippen molar-refractivity contribution in [2.24, 2.45) is 0 Å². The van der Waals surface area contributed by atoms with Crippen LogP contribution < -0.4 is 10.1 Å². The number of carbonyl (C=O) groups is 3. The number of nitrogens with zero attached hydrogens (tertiary/aromatic N) is 2. The van der Waals surface area contributed by atoms with Gasteiger partial charge in [-0.25, -0.2) is 4.39 Å². The van der Waals surface area contributed by atoms with Gasteiger partial charge in [-0.3, -0.25) is 24.6 Å². The summed E-state index contributed by atoms with van der Waals surface area (Å²) in [6.45, 7) is 2.66. The van der Waals surface area contributed by atoms with Crippen molar-refractivity contribution >= 4 is 17.7 Å². The number of morpholine rings is 1. The first-order valence-corrected chi connectivity index (χ1v) is 12.0. The van der Waals surface area contributed by atoms with Crippen LogP contribution in [0.4, 0.5) is 4.39 Å². The maximum Gasteiger partial charge on any atom is 0.255 e. The van der Waals surface area contributed by atoms with Gasteiger partial charge in [0.05, 0.1) is 22.9 Å². The molecule has 0 saturated carbocycles. The highest BCUT2D eigenvalue weighted by atomic mass is 19.1. The first-order chi connectivity index (χ1) is 18.4. The summed E-state index contributed by atoms with van der Waals surface area (Å²) in [6, 6.07) is 7.00. The van der Waals surface area contributed by atoms with Gasteiger partial charge in [0.15, 0.2) is 0 Å². The van der Waals surface area contributed by atoms with Gasteiger partial charge in [0, 0.05) is 48.3 Å². The van der Waals surface area contributed by atoms with E-state index < -0.39 is 36.1 Å². The molecule has 36 heavy (non-hydrogen) atoms. The predicted octanol–water partition coefficient (Wildman–Crippen LogP) is 2.77. The van der Waals surface area contributed by atoms with Gasteiger partial charge in [-0.1, -0.05) is 24.3 Å². The van der Waals surface area contributed by atoms with E-state index in [4.69, 9.17) is 13.6 Å². The zero-order valence-electron chi connectivity index (χ0n) is 23.2. The fraction of sp³-hybridized carbons (Fsp3) is 0.444. The lowest BCUT2D eigenvalue weighted by Crippen LogP contribution is -2.52. The number of ether oxygens (including phenoxy) is 2. The van der Waals surface area contributed by atoms with Crippen LogP contribution in [-0.2, 0) is 34.0 Å². The lowest BCUT2D eigenvalue weighted by Gasteiger charge is -2.35. The summed E-state index contributed by atoms with van der Waals surface area (Å²) in [5.41, 5.74) is 0.491. The highest BCUT2D eigenvalue weighted by Crippen LogP contribution is 2.34. The number of imide groups is 1. The van der Waals surface area contributed by atoms with Gasteiger partial charge in [0.25, 0.3) is 5.91 Å². The monoisotopic (exact) mass is 498 g/mol. The van der Waals surface area contributed by atoms with E-state index in [-0.39, 0.29) is 60.6 Å². The first kappa shape index (κ1) is 20.8. The molecule has 2 saturated heterocycles. The predicted molar refractivity (Wildman–Crippen MR) is 129 cm³/mol. The van der Waals surface area contributed by atoms with Crippen LogP contribution >= 0.6 is 0 Å². The Balaban J connectivity index is 1.39. The van der Waals surface area contributed by atoms with Gasteiger partial charge in [-0.15, -0.1) is 0 Å². The molecule has 3 atom stereocenters. The van der Waals surface area contributed by atoms with Crippen LogP contribution in [0, 0.1) is 5.82 Å². The molecule has 2 fully saturated rings. The zero-order valence-corrected chi connectivity index (χ0v) is 20.2. The molecule has 3 aliphatic rings. The number of fused-ring (bicyclic) bond motifs is 1. The van der Waals surface area contributed by atoms with E-state index in [0.717, 1.165) is 4.90 Å². The summed E-state index contributed by atoms with van der Waals surface area (Å²) < 4.78 is 53.0. The fourth-order valence-corrected chi connectivity index (χ4v) is 5.03. The first-order valence-electron chi connectivity index (χ1n) is 13.5. The molecule has 0 radical (unpaired) electrons. The van der Waals surface area contributed by atoms with Gasteiger partial charge in [0.1, 0.15) is 24.1 Å². The van der Waals surface area contributed by atoms with Crippen molar-refractivity contribution in [3.8, 4) is 5.75 Å². The number of hydrogen-bond acceptors (Lipinski definition) is 6. The maximum atomic E-state index is 15.6. The normalized spacial score (nSPS) is 28.2. The number of benzene rings is 2. The van der Waals surface area contributed by atoms with Crippen molar-refractivity contribution < 1.29 is 32.4 Å². The van der Waals surface area contributed by atoms with E-state index >= 15 is 4.39 Å². The minimum absolute atomic E-state index is 0.000234. The summed E-state index contributed by atoms with van der Waals surface area (Å²) in [6.07, 6.45) is -0.243. The Kier molecular flexibility index (Phi) is 5.78. The van der Waals surface area contributed by atoms with E-state index in [1.54, 1.807) is 12.1 Å². The van der Waals surface area contributed by atoms with Crippen molar-refractivity contribution in [1.82, 2.24) is 15.1 Å². The number of nitrogens with one attached hydrogen (secondary N) is 1. The smallest absolute Gasteiger partial charge is 0.255 e.